The molecule has 0 aromatic heterocycles. The lowest BCUT2D eigenvalue weighted by Gasteiger charge is -2.54. The molecular formula is C18H23ClN2O2. The van der Waals surface area contributed by atoms with Gasteiger partial charge in [0.05, 0.1) is 6.10 Å². The van der Waals surface area contributed by atoms with Crippen LogP contribution in [-0.2, 0) is 0 Å². The average Bonchev–Trinajstić information content (AvgIpc) is 2.45. The average molecular weight is 335 g/mol. The maximum atomic E-state index is 12.6. The number of halogens is 1. The molecule has 0 spiro atoms. The zero-order valence-corrected chi connectivity index (χ0v) is 14.1. The van der Waals surface area contributed by atoms with Gasteiger partial charge in [0.25, 0.3) is 0 Å². The molecule has 2 aliphatic heterocycles. The third kappa shape index (κ3) is 2.72. The molecule has 124 valence electrons. The summed E-state index contributed by atoms with van der Waals surface area (Å²) in [6.07, 6.45) is 4.70. The number of anilines is 1. The first-order valence-corrected chi connectivity index (χ1v) is 8.96. The number of hydrogen-bond donors (Lipinski definition) is 2. The first-order valence-electron chi connectivity index (χ1n) is 8.58. The van der Waals surface area contributed by atoms with E-state index in [0.717, 1.165) is 54.3 Å². The highest BCUT2D eigenvalue weighted by Crippen LogP contribution is 2.42. The number of rotatable bonds is 2. The van der Waals surface area contributed by atoms with Crippen LogP contribution in [0.5, 0.6) is 0 Å². The lowest BCUT2D eigenvalue weighted by molar-refractivity contribution is -0.00601. The molecule has 2 saturated heterocycles. The largest absolute Gasteiger partial charge is 0.393 e. The Morgan fingerprint density at radius 2 is 1.91 bits per heavy atom. The highest BCUT2D eigenvalue weighted by molar-refractivity contribution is 6.31. The third-order valence-corrected chi connectivity index (χ3v) is 6.06. The number of fused-ring (bicyclic) bond motifs is 2. The fourth-order valence-electron chi connectivity index (χ4n) is 4.44. The molecule has 5 heteroatoms. The van der Waals surface area contributed by atoms with Gasteiger partial charge in [0.1, 0.15) is 0 Å². The minimum Gasteiger partial charge on any atom is -0.393 e. The third-order valence-electron chi connectivity index (χ3n) is 5.71. The Morgan fingerprint density at radius 3 is 2.57 bits per heavy atom. The minimum absolute atomic E-state index is 0.0140. The molecule has 4 fully saturated rings. The van der Waals surface area contributed by atoms with Crippen LogP contribution < -0.4 is 5.32 Å². The summed E-state index contributed by atoms with van der Waals surface area (Å²) in [6, 6.07) is 6.51. The van der Waals surface area contributed by atoms with E-state index in [4.69, 9.17) is 11.6 Å². The fraction of sp³-hybridized carbons (Fsp3) is 0.611. The van der Waals surface area contributed by atoms with E-state index >= 15 is 0 Å². The van der Waals surface area contributed by atoms with Crippen LogP contribution in [0, 0.1) is 5.92 Å². The summed E-state index contributed by atoms with van der Waals surface area (Å²) < 4.78 is 0. The molecule has 4 nitrogen and oxygen atoms in total. The highest BCUT2D eigenvalue weighted by Gasteiger charge is 2.46. The predicted octanol–water partition coefficient (Wildman–Crippen LogP) is 3.98. The van der Waals surface area contributed by atoms with Crippen molar-refractivity contribution in [3.63, 3.8) is 0 Å². The van der Waals surface area contributed by atoms with Gasteiger partial charge in [-0.1, -0.05) is 18.5 Å². The minimum atomic E-state index is -0.211. The summed E-state index contributed by atoms with van der Waals surface area (Å²) in [7, 11) is 0. The molecule has 2 unspecified atom stereocenters. The van der Waals surface area contributed by atoms with Gasteiger partial charge in [0, 0.05) is 22.8 Å². The number of nitrogens with zero attached hydrogens (tertiary/aromatic N) is 1. The van der Waals surface area contributed by atoms with Crippen LogP contribution >= 0.6 is 11.6 Å². The van der Waals surface area contributed by atoms with Crippen LogP contribution in [0.25, 0.3) is 0 Å². The number of carbonyl (C=O) groups is 1. The first-order chi connectivity index (χ1) is 11.0. The fourth-order valence-corrected chi connectivity index (χ4v) is 4.71. The van der Waals surface area contributed by atoms with Crippen molar-refractivity contribution in [1.29, 1.82) is 0 Å². The Balaban J connectivity index is 1.45. The molecule has 1 aromatic rings. The summed E-state index contributed by atoms with van der Waals surface area (Å²) in [5, 5.41) is 13.2. The predicted molar refractivity (Wildman–Crippen MR) is 90.9 cm³/mol. The molecule has 2 amide bonds. The molecular weight excluding hydrogens is 312 g/mol. The van der Waals surface area contributed by atoms with Gasteiger partial charge in [-0.25, -0.2) is 4.79 Å². The zero-order valence-electron chi connectivity index (χ0n) is 13.3. The maximum Gasteiger partial charge on any atom is 0.322 e. The van der Waals surface area contributed by atoms with Gasteiger partial charge in [-0.3, -0.25) is 0 Å². The normalized spacial score (nSPS) is 35.3. The molecule has 2 atom stereocenters. The summed E-state index contributed by atoms with van der Waals surface area (Å²) >= 11 is 6.28. The zero-order chi connectivity index (χ0) is 16.1. The lowest BCUT2D eigenvalue weighted by atomic mass is 9.74. The number of nitrogens with one attached hydrogen (secondary N) is 1. The Morgan fingerprint density at radius 1 is 1.22 bits per heavy atom. The summed E-state index contributed by atoms with van der Waals surface area (Å²) in [5.41, 5.74) is 1.83. The van der Waals surface area contributed by atoms with E-state index in [0.29, 0.717) is 18.0 Å². The van der Waals surface area contributed by atoms with Crippen molar-refractivity contribution in [1.82, 2.24) is 4.90 Å². The second-order valence-corrected chi connectivity index (χ2v) is 7.92. The van der Waals surface area contributed by atoms with E-state index in [1.807, 2.05) is 23.1 Å². The Hall–Kier alpha value is -1.26. The van der Waals surface area contributed by atoms with Crippen molar-refractivity contribution < 1.29 is 9.90 Å². The number of hydrogen-bond acceptors (Lipinski definition) is 2. The SMILES string of the molecule is CC1CC2CC(C1)N2C(=O)Nc1ccc(Cl)c([C@H]2C[C@@H](O)C2)c1. The molecule has 2 saturated carbocycles. The maximum absolute atomic E-state index is 12.6. The molecule has 5 rings (SSSR count). The Labute approximate surface area is 141 Å². The van der Waals surface area contributed by atoms with Crippen molar-refractivity contribution in [2.24, 2.45) is 5.92 Å². The Kier molecular flexibility index (Phi) is 3.77. The summed E-state index contributed by atoms with van der Waals surface area (Å²) in [6.45, 7) is 2.27. The molecule has 23 heavy (non-hydrogen) atoms. The standard InChI is InChI=1S/C18H23ClN2O2/c1-10-4-13-9-14(5-10)21(13)18(23)20-12-2-3-17(19)16(8-12)11-6-15(22)7-11/h2-3,8,10-11,13-15,22H,4-7,9H2,1H3,(H,20,23)/t10?,11-,13?,14?,15+. The van der Waals surface area contributed by atoms with E-state index in [1.54, 1.807) is 0 Å². The monoisotopic (exact) mass is 334 g/mol. The Bertz CT molecular complexity index is 617. The number of carbonyl (C=O) groups excluding carboxylic acids is 1. The van der Waals surface area contributed by atoms with Gasteiger partial charge in [0.15, 0.2) is 0 Å². The molecule has 4 aliphatic rings. The van der Waals surface area contributed by atoms with E-state index in [-0.39, 0.29) is 12.1 Å². The van der Waals surface area contributed by atoms with Crippen LogP contribution in [0.4, 0.5) is 10.5 Å². The molecule has 2 N–H and O–H groups in total. The molecule has 2 heterocycles. The highest BCUT2D eigenvalue weighted by atomic mass is 35.5. The molecule has 0 radical (unpaired) electrons. The van der Waals surface area contributed by atoms with Crippen LogP contribution in [-0.4, -0.2) is 34.2 Å². The van der Waals surface area contributed by atoms with Gasteiger partial charge >= 0.3 is 6.03 Å². The van der Waals surface area contributed by atoms with Crippen molar-refractivity contribution >= 4 is 23.3 Å². The second-order valence-electron chi connectivity index (χ2n) is 7.52. The second kappa shape index (κ2) is 5.67. The number of urea groups is 1. The van der Waals surface area contributed by atoms with Crippen molar-refractivity contribution in [3.8, 4) is 0 Å². The van der Waals surface area contributed by atoms with Gasteiger partial charge in [0.2, 0.25) is 0 Å². The smallest absolute Gasteiger partial charge is 0.322 e. The van der Waals surface area contributed by atoms with E-state index in [1.165, 1.54) is 0 Å². The van der Waals surface area contributed by atoms with Crippen LogP contribution in [0.1, 0.15) is 50.5 Å². The number of benzene rings is 1. The molecule has 1 aromatic carbocycles. The number of aliphatic hydroxyl groups is 1. The summed E-state index contributed by atoms with van der Waals surface area (Å²) in [5.74, 6) is 1.04. The van der Waals surface area contributed by atoms with Gasteiger partial charge < -0.3 is 15.3 Å². The van der Waals surface area contributed by atoms with Crippen molar-refractivity contribution in [2.75, 3.05) is 5.32 Å². The van der Waals surface area contributed by atoms with Gasteiger partial charge in [-0.15, -0.1) is 0 Å². The quantitative estimate of drug-likeness (QED) is 0.859. The molecule has 2 aliphatic carbocycles. The topological polar surface area (TPSA) is 52.6 Å². The van der Waals surface area contributed by atoms with E-state index < -0.39 is 0 Å². The van der Waals surface area contributed by atoms with Crippen LogP contribution in [0.15, 0.2) is 18.2 Å². The van der Waals surface area contributed by atoms with E-state index in [2.05, 4.69) is 12.2 Å². The van der Waals surface area contributed by atoms with Gasteiger partial charge in [-0.2, -0.15) is 0 Å². The van der Waals surface area contributed by atoms with Crippen molar-refractivity contribution in [2.45, 2.75) is 63.1 Å². The number of piperidine rings is 1. The van der Waals surface area contributed by atoms with E-state index in [9.17, 15) is 9.90 Å². The van der Waals surface area contributed by atoms with Crippen LogP contribution in [0.2, 0.25) is 5.02 Å². The number of amides is 2. The summed E-state index contributed by atoms with van der Waals surface area (Å²) in [4.78, 5) is 14.6. The van der Waals surface area contributed by atoms with Crippen LogP contribution in [0.3, 0.4) is 0 Å². The lowest BCUT2D eigenvalue weighted by Crippen LogP contribution is -2.63. The first kappa shape index (κ1) is 15.3. The van der Waals surface area contributed by atoms with Crippen molar-refractivity contribution in [3.05, 3.63) is 28.8 Å². The van der Waals surface area contributed by atoms with Gasteiger partial charge in [-0.05, 0) is 67.7 Å². The number of aliphatic hydroxyl groups excluding tert-OH is 1. The molecule has 2 bridgehead atoms.